The fraction of sp³-hybridized carbons (Fsp3) is 0.529. The Hall–Kier alpha value is -1.64. The summed E-state index contributed by atoms with van der Waals surface area (Å²) in [7, 11) is 1.69. The average Bonchev–Trinajstić information content (AvgIpc) is 2.67. The molecule has 2 rings (SSSR count). The van der Waals surface area contributed by atoms with E-state index in [0.29, 0.717) is 6.42 Å². The molecule has 0 unspecified atom stereocenters. The highest BCUT2D eigenvalue weighted by atomic mass is 16.7. The fourth-order valence-corrected chi connectivity index (χ4v) is 2.22. The lowest BCUT2D eigenvalue weighted by molar-refractivity contribution is -0.117. The lowest BCUT2D eigenvalue weighted by Gasteiger charge is -2.22. The van der Waals surface area contributed by atoms with Crippen molar-refractivity contribution in [3.8, 4) is 5.75 Å². The number of rotatable bonds is 3. The Morgan fingerprint density at radius 1 is 1.20 bits per heavy atom. The molecule has 1 heterocycles. The molecule has 3 heteroatoms. The molecule has 0 N–H and O–H groups in total. The maximum atomic E-state index is 5.76. The van der Waals surface area contributed by atoms with Crippen molar-refractivity contribution in [3.05, 3.63) is 41.3 Å². The van der Waals surface area contributed by atoms with E-state index in [2.05, 4.69) is 32.9 Å². The zero-order valence-corrected chi connectivity index (χ0v) is 13.2. The van der Waals surface area contributed by atoms with Crippen LogP contribution in [0.25, 0.3) is 0 Å². The molecule has 110 valence electrons. The first-order valence-corrected chi connectivity index (χ1v) is 6.94. The highest BCUT2D eigenvalue weighted by Crippen LogP contribution is 2.32. The normalized spacial score (nSPS) is 17.2. The van der Waals surface area contributed by atoms with E-state index >= 15 is 0 Å². The highest BCUT2D eigenvalue weighted by Gasteiger charge is 2.28. The van der Waals surface area contributed by atoms with Crippen LogP contribution in [0, 0.1) is 0 Å². The summed E-state index contributed by atoms with van der Waals surface area (Å²) in [5, 5.41) is 0. The molecule has 1 aromatic carbocycles. The van der Waals surface area contributed by atoms with Crippen molar-refractivity contribution in [2.45, 2.75) is 52.2 Å². The predicted molar refractivity (Wildman–Crippen MR) is 79.7 cm³/mol. The van der Waals surface area contributed by atoms with E-state index in [1.165, 1.54) is 5.56 Å². The number of benzene rings is 1. The first-order chi connectivity index (χ1) is 9.21. The van der Waals surface area contributed by atoms with Gasteiger partial charge in [0.05, 0.1) is 7.11 Å². The Balaban J connectivity index is 2.26. The van der Waals surface area contributed by atoms with Crippen LogP contribution in [0.15, 0.2) is 30.2 Å². The van der Waals surface area contributed by atoms with Crippen LogP contribution in [0.2, 0.25) is 0 Å². The van der Waals surface area contributed by atoms with Crippen LogP contribution in [0.1, 0.15) is 45.7 Å². The van der Waals surface area contributed by atoms with Gasteiger partial charge in [0.25, 0.3) is 0 Å². The minimum atomic E-state index is -0.565. The van der Waals surface area contributed by atoms with Crippen molar-refractivity contribution in [3.63, 3.8) is 0 Å². The molecule has 1 aromatic rings. The Bertz CT molecular complexity index is 522. The van der Waals surface area contributed by atoms with Crippen molar-refractivity contribution < 1.29 is 14.2 Å². The van der Waals surface area contributed by atoms with Crippen LogP contribution < -0.4 is 4.74 Å². The molecule has 1 aliphatic rings. The van der Waals surface area contributed by atoms with Crippen LogP contribution in [0.4, 0.5) is 0 Å². The molecule has 0 spiro atoms. The van der Waals surface area contributed by atoms with Gasteiger partial charge in [0.15, 0.2) is 0 Å². The van der Waals surface area contributed by atoms with Crippen molar-refractivity contribution in [1.82, 2.24) is 0 Å². The number of methoxy groups -OCH3 is 1. The van der Waals surface area contributed by atoms with Gasteiger partial charge in [-0.25, -0.2) is 0 Å². The highest BCUT2D eigenvalue weighted by molar-refractivity contribution is 5.41. The Kier molecular flexibility index (Phi) is 3.72. The quantitative estimate of drug-likeness (QED) is 0.829. The van der Waals surface area contributed by atoms with Gasteiger partial charge in [-0.3, -0.25) is 0 Å². The standard InChI is InChI=1S/C17H24O3/c1-16(2,3)13-7-8-15(18-6)12(9-13)10-14-11-19-17(4,5)20-14/h7-9,11H,10H2,1-6H3. The van der Waals surface area contributed by atoms with Crippen molar-refractivity contribution >= 4 is 0 Å². The van der Waals surface area contributed by atoms with Gasteiger partial charge in [-0.2, -0.15) is 0 Å². The van der Waals surface area contributed by atoms with Gasteiger partial charge in [-0.1, -0.05) is 32.9 Å². The van der Waals surface area contributed by atoms with Gasteiger partial charge in [0, 0.05) is 25.8 Å². The van der Waals surface area contributed by atoms with Gasteiger partial charge >= 0.3 is 0 Å². The maximum absolute atomic E-state index is 5.76. The first-order valence-electron chi connectivity index (χ1n) is 6.94. The number of ether oxygens (including phenoxy) is 3. The SMILES string of the molecule is COc1ccc(C(C)(C)C)cc1CC1=COC(C)(C)O1. The third-order valence-electron chi connectivity index (χ3n) is 3.36. The first kappa shape index (κ1) is 14.8. The maximum Gasteiger partial charge on any atom is 0.244 e. The summed E-state index contributed by atoms with van der Waals surface area (Å²) >= 11 is 0. The predicted octanol–water partition coefficient (Wildman–Crippen LogP) is 4.16. The summed E-state index contributed by atoms with van der Waals surface area (Å²) in [6.45, 7) is 10.4. The number of allylic oxidation sites excluding steroid dienone is 1. The third-order valence-corrected chi connectivity index (χ3v) is 3.36. The van der Waals surface area contributed by atoms with Crippen molar-refractivity contribution in [2.24, 2.45) is 0 Å². The summed E-state index contributed by atoms with van der Waals surface area (Å²) < 4.78 is 16.7. The molecule has 0 saturated carbocycles. The zero-order valence-electron chi connectivity index (χ0n) is 13.2. The molecular weight excluding hydrogens is 252 g/mol. The van der Waals surface area contributed by atoms with Gasteiger partial charge in [-0.15, -0.1) is 0 Å². The molecule has 3 nitrogen and oxygen atoms in total. The summed E-state index contributed by atoms with van der Waals surface area (Å²) in [5.74, 6) is 1.15. The van der Waals surface area contributed by atoms with Crippen LogP contribution in [0.3, 0.4) is 0 Å². The van der Waals surface area contributed by atoms with Crippen LogP contribution >= 0.6 is 0 Å². The van der Waals surface area contributed by atoms with Gasteiger partial charge in [0.2, 0.25) is 5.79 Å². The second-order valence-electron chi connectivity index (χ2n) is 6.66. The molecule has 0 amide bonds. The topological polar surface area (TPSA) is 27.7 Å². The summed E-state index contributed by atoms with van der Waals surface area (Å²) in [4.78, 5) is 0. The minimum absolute atomic E-state index is 0.113. The molecule has 0 bridgehead atoms. The van der Waals surface area contributed by atoms with Crippen molar-refractivity contribution in [1.29, 1.82) is 0 Å². The number of hydrogen-bond acceptors (Lipinski definition) is 3. The molecule has 0 atom stereocenters. The van der Waals surface area contributed by atoms with Crippen LogP contribution in [-0.4, -0.2) is 12.9 Å². The van der Waals surface area contributed by atoms with E-state index in [9.17, 15) is 0 Å². The Labute approximate surface area is 121 Å². The fourth-order valence-electron chi connectivity index (χ4n) is 2.22. The second kappa shape index (κ2) is 5.04. The number of hydrogen-bond donors (Lipinski definition) is 0. The van der Waals surface area contributed by atoms with E-state index in [-0.39, 0.29) is 5.41 Å². The smallest absolute Gasteiger partial charge is 0.244 e. The molecule has 0 radical (unpaired) electrons. The van der Waals surface area contributed by atoms with E-state index in [1.54, 1.807) is 13.4 Å². The summed E-state index contributed by atoms with van der Waals surface area (Å²) in [5.41, 5.74) is 2.52. The monoisotopic (exact) mass is 276 g/mol. The van der Waals surface area contributed by atoms with Crippen LogP contribution in [0.5, 0.6) is 5.75 Å². The molecule has 0 fully saturated rings. The Morgan fingerprint density at radius 3 is 2.40 bits per heavy atom. The second-order valence-corrected chi connectivity index (χ2v) is 6.66. The zero-order chi connectivity index (χ0) is 15.0. The average molecular weight is 276 g/mol. The van der Waals surface area contributed by atoms with E-state index in [0.717, 1.165) is 17.1 Å². The Morgan fingerprint density at radius 2 is 1.90 bits per heavy atom. The lowest BCUT2D eigenvalue weighted by atomic mass is 9.85. The summed E-state index contributed by atoms with van der Waals surface area (Å²) in [6.07, 6.45) is 2.37. The molecule has 20 heavy (non-hydrogen) atoms. The summed E-state index contributed by atoms with van der Waals surface area (Å²) in [6, 6.07) is 6.33. The molecule has 0 aliphatic carbocycles. The molecule has 0 saturated heterocycles. The molecular formula is C17H24O3. The largest absolute Gasteiger partial charge is 0.496 e. The van der Waals surface area contributed by atoms with Crippen molar-refractivity contribution in [2.75, 3.05) is 7.11 Å². The third kappa shape index (κ3) is 3.27. The van der Waals surface area contributed by atoms with Gasteiger partial charge in [-0.05, 0) is 17.0 Å². The van der Waals surface area contributed by atoms with Gasteiger partial charge in [0.1, 0.15) is 17.8 Å². The van der Waals surface area contributed by atoms with E-state index in [1.807, 2.05) is 19.9 Å². The van der Waals surface area contributed by atoms with Gasteiger partial charge < -0.3 is 14.2 Å². The lowest BCUT2D eigenvalue weighted by Crippen LogP contribution is -2.20. The molecule has 0 aromatic heterocycles. The van der Waals surface area contributed by atoms with E-state index < -0.39 is 5.79 Å². The minimum Gasteiger partial charge on any atom is -0.496 e. The van der Waals surface area contributed by atoms with Crippen LogP contribution in [-0.2, 0) is 21.3 Å². The van der Waals surface area contributed by atoms with E-state index in [4.69, 9.17) is 14.2 Å². The molecule has 1 aliphatic heterocycles.